The van der Waals surface area contributed by atoms with Crippen LogP contribution >= 0.6 is 12.2 Å². The highest BCUT2D eigenvalue weighted by Crippen LogP contribution is 2.19. The first-order chi connectivity index (χ1) is 9.62. The first-order valence-corrected chi connectivity index (χ1v) is 6.82. The van der Waals surface area contributed by atoms with Crippen LogP contribution in [-0.2, 0) is 9.53 Å². The molecule has 0 aliphatic rings. The van der Waals surface area contributed by atoms with E-state index in [0.29, 0.717) is 18.3 Å². The van der Waals surface area contributed by atoms with Crippen molar-refractivity contribution >= 4 is 29.0 Å². The van der Waals surface area contributed by atoms with Gasteiger partial charge in [-0.15, -0.1) is 0 Å². The first kappa shape index (κ1) is 16.2. The number of nitrogens with zero attached hydrogens (tertiary/aromatic N) is 1. The number of hydrogen-bond donors (Lipinski definition) is 1. The highest BCUT2D eigenvalue weighted by atomic mass is 32.1. The smallest absolute Gasteiger partial charge is 0.307 e. The molecule has 0 unspecified atom stereocenters. The van der Waals surface area contributed by atoms with Crippen molar-refractivity contribution in [2.45, 2.75) is 13.3 Å². The number of carbonyl (C=O) groups is 1. The number of anilines is 1. The largest absolute Gasteiger partial charge is 0.497 e. The molecule has 0 saturated carbocycles. The predicted molar refractivity (Wildman–Crippen MR) is 83.2 cm³/mol. The molecule has 1 N–H and O–H groups in total. The standard InChI is InChI=1S/C14H20N2O3S/c1-4-19-13(17)9-10-16(14(20)15-2)11-5-7-12(18-3)8-6-11/h5-8H,4,9-10H2,1-3H3,(H,15,20). The molecule has 0 saturated heterocycles. The maximum atomic E-state index is 11.5. The third-order valence-corrected chi connectivity index (χ3v) is 3.11. The average Bonchev–Trinajstić information content (AvgIpc) is 2.48. The van der Waals surface area contributed by atoms with Gasteiger partial charge in [-0.2, -0.15) is 0 Å². The third-order valence-electron chi connectivity index (χ3n) is 2.69. The van der Waals surface area contributed by atoms with E-state index < -0.39 is 0 Å². The second-order valence-electron chi connectivity index (χ2n) is 3.96. The Labute approximate surface area is 124 Å². The molecule has 0 bridgehead atoms. The summed E-state index contributed by atoms with van der Waals surface area (Å²) in [4.78, 5) is 13.3. The summed E-state index contributed by atoms with van der Waals surface area (Å²) in [7, 11) is 3.37. The Morgan fingerprint density at radius 2 is 2.00 bits per heavy atom. The van der Waals surface area contributed by atoms with E-state index in [1.807, 2.05) is 29.2 Å². The minimum Gasteiger partial charge on any atom is -0.497 e. The zero-order chi connectivity index (χ0) is 15.0. The van der Waals surface area contributed by atoms with Gasteiger partial charge in [-0.3, -0.25) is 4.79 Å². The summed E-state index contributed by atoms with van der Waals surface area (Å²) >= 11 is 5.27. The molecular formula is C14H20N2O3S. The Morgan fingerprint density at radius 3 is 2.50 bits per heavy atom. The number of nitrogens with one attached hydrogen (secondary N) is 1. The number of benzene rings is 1. The van der Waals surface area contributed by atoms with Gasteiger partial charge >= 0.3 is 5.97 Å². The van der Waals surface area contributed by atoms with Crippen LogP contribution in [0.4, 0.5) is 5.69 Å². The van der Waals surface area contributed by atoms with Crippen LogP contribution in [0.15, 0.2) is 24.3 Å². The van der Waals surface area contributed by atoms with Crippen molar-refractivity contribution in [2.24, 2.45) is 0 Å². The van der Waals surface area contributed by atoms with Gasteiger partial charge in [0.05, 0.1) is 20.1 Å². The number of esters is 1. The fraction of sp³-hybridized carbons (Fsp3) is 0.429. The molecule has 1 aromatic carbocycles. The lowest BCUT2D eigenvalue weighted by Gasteiger charge is -2.24. The fourth-order valence-corrected chi connectivity index (χ4v) is 1.88. The molecule has 0 amide bonds. The molecule has 6 heteroatoms. The molecule has 0 aliphatic carbocycles. The minimum absolute atomic E-state index is 0.232. The fourth-order valence-electron chi connectivity index (χ4n) is 1.68. The summed E-state index contributed by atoms with van der Waals surface area (Å²) in [6.07, 6.45) is 0.279. The highest BCUT2D eigenvalue weighted by molar-refractivity contribution is 7.80. The molecule has 0 fully saturated rings. The van der Waals surface area contributed by atoms with E-state index in [-0.39, 0.29) is 12.4 Å². The molecule has 0 atom stereocenters. The summed E-state index contributed by atoms with van der Waals surface area (Å²) in [6.45, 7) is 2.64. The van der Waals surface area contributed by atoms with E-state index in [1.165, 1.54) is 0 Å². The van der Waals surface area contributed by atoms with Crippen LogP contribution < -0.4 is 15.0 Å². The summed E-state index contributed by atoms with van der Waals surface area (Å²) < 4.78 is 10.1. The topological polar surface area (TPSA) is 50.8 Å². The molecule has 0 spiro atoms. The van der Waals surface area contributed by atoms with E-state index in [2.05, 4.69) is 5.32 Å². The number of ether oxygens (including phenoxy) is 2. The normalized spacial score (nSPS) is 9.75. The van der Waals surface area contributed by atoms with Crippen molar-refractivity contribution in [3.05, 3.63) is 24.3 Å². The van der Waals surface area contributed by atoms with Crippen molar-refractivity contribution in [3.63, 3.8) is 0 Å². The number of thiocarbonyl (C=S) groups is 1. The van der Waals surface area contributed by atoms with Crippen LogP contribution in [0.5, 0.6) is 5.75 Å². The minimum atomic E-state index is -0.232. The van der Waals surface area contributed by atoms with Gasteiger partial charge in [0.1, 0.15) is 5.75 Å². The second kappa shape index (κ2) is 8.37. The van der Waals surface area contributed by atoms with Crippen LogP contribution in [0.25, 0.3) is 0 Å². The third kappa shape index (κ3) is 4.70. The lowest BCUT2D eigenvalue weighted by atomic mass is 10.2. The second-order valence-corrected chi connectivity index (χ2v) is 4.35. The molecule has 110 valence electrons. The van der Waals surface area contributed by atoms with Crippen molar-refractivity contribution in [3.8, 4) is 5.75 Å². The SMILES string of the molecule is CCOC(=O)CCN(C(=S)NC)c1ccc(OC)cc1. The van der Waals surface area contributed by atoms with Gasteiger partial charge in [-0.05, 0) is 43.4 Å². The van der Waals surface area contributed by atoms with E-state index in [1.54, 1.807) is 21.1 Å². The summed E-state index contributed by atoms with van der Waals surface area (Å²) in [6, 6.07) is 7.50. The number of hydrogen-bond acceptors (Lipinski definition) is 4. The Morgan fingerprint density at radius 1 is 1.35 bits per heavy atom. The summed E-state index contributed by atoms with van der Waals surface area (Å²) in [5, 5.41) is 3.48. The van der Waals surface area contributed by atoms with E-state index in [0.717, 1.165) is 11.4 Å². The van der Waals surface area contributed by atoms with Crippen molar-refractivity contribution < 1.29 is 14.3 Å². The molecule has 5 nitrogen and oxygen atoms in total. The lowest BCUT2D eigenvalue weighted by molar-refractivity contribution is -0.142. The van der Waals surface area contributed by atoms with Crippen LogP contribution in [0.1, 0.15) is 13.3 Å². The highest BCUT2D eigenvalue weighted by Gasteiger charge is 2.13. The Bertz CT molecular complexity index is 448. The van der Waals surface area contributed by atoms with Gasteiger partial charge in [0.2, 0.25) is 0 Å². The molecular weight excluding hydrogens is 276 g/mol. The average molecular weight is 296 g/mol. The van der Waals surface area contributed by atoms with Crippen molar-refractivity contribution in [1.29, 1.82) is 0 Å². The molecule has 0 aliphatic heterocycles. The zero-order valence-electron chi connectivity index (χ0n) is 12.0. The lowest BCUT2D eigenvalue weighted by Crippen LogP contribution is -2.39. The number of rotatable bonds is 6. The Kier molecular flexibility index (Phi) is 6.79. The molecule has 0 heterocycles. The van der Waals surface area contributed by atoms with Crippen LogP contribution in [0.2, 0.25) is 0 Å². The summed E-state index contributed by atoms with van der Waals surface area (Å²) in [5.74, 6) is 0.541. The Hall–Kier alpha value is -1.82. The van der Waals surface area contributed by atoms with Crippen LogP contribution in [0, 0.1) is 0 Å². The van der Waals surface area contributed by atoms with E-state index >= 15 is 0 Å². The van der Waals surface area contributed by atoms with Gasteiger partial charge in [0, 0.05) is 19.3 Å². The van der Waals surface area contributed by atoms with Crippen molar-refractivity contribution in [2.75, 3.05) is 32.2 Å². The summed E-state index contributed by atoms with van der Waals surface area (Å²) in [5.41, 5.74) is 0.898. The van der Waals surface area contributed by atoms with Gasteiger partial charge in [0.15, 0.2) is 5.11 Å². The maximum absolute atomic E-state index is 11.5. The molecule has 0 aromatic heterocycles. The number of carbonyl (C=O) groups excluding carboxylic acids is 1. The van der Waals surface area contributed by atoms with Crippen LogP contribution in [-0.4, -0.2) is 38.4 Å². The first-order valence-electron chi connectivity index (χ1n) is 6.41. The van der Waals surface area contributed by atoms with Crippen LogP contribution in [0.3, 0.4) is 0 Å². The quantitative estimate of drug-likeness (QED) is 0.640. The van der Waals surface area contributed by atoms with Gasteiger partial charge in [-0.25, -0.2) is 0 Å². The van der Waals surface area contributed by atoms with Gasteiger partial charge < -0.3 is 19.7 Å². The Balaban J connectivity index is 2.77. The van der Waals surface area contributed by atoms with E-state index in [9.17, 15) is 4.79 Å². The van der Waals surface area contributed by atoms with Gasteiger partial charge in [-0.1, -0.05) is 0 Å². The molecule has 1 aromatic rings. The maximum Gasteiger partial charge on any atom is 0.307 e. The van der Waals surface area contributed by atoms with Crippen molar-refractivity contribution in [1.82, 2.24) is 5.32 Å². The monoisotopic (exact) mass is 296 g/mol. The van der Waals surface area contributed by atoms with E-state index in [4.69, 9.17) is 21.7 Å². The predicted octanol–water partition coefficient (Wildman–Crippen LogP) is 1.96. The van der Waals surface area contributed by atoms with Gasteiger partial charge in [0.25, 0.3) is 0 Å². The molecule has 20 heavy (non-hydrogen) atoms. The number of methoxy groups -OCH3 is 1. The zero-order valence-corrected chi connectivity index (χ0v) is 12.8. The molecule has 1 rings (SSSR count). The molecule has 0 radical (unpaired) electrons.